The number of fused-ring (bicyclic) bond motifs is 1. The van der Waals surface area contributed by atoms with Gasteiger partial charge in [-0.05, 0) is 40.4 Å². The maximum atomic E-state index is 13.3. The lowest BCUT2D eigenvalue weighted by Gasteiger charge is -2.16. The lowest BCUT2D eigenvalue weighted by Crippen LogP contribution is -2.12. The van der Waals surface area contributed by atoms with Crippen molar-refractivity contribution in [2.24, 2.45) is 0 Å². The Morgan fingerprint density at radius 3 is 2.31 bits per heavy atom. The first-order valence-corrected chi connectivity index (χ1v) is 9.22. The van der Waals surface area contributed by atoms with Gasteiger partial charge in [0.25, 0.3) is 0 Å². The lowest BCUT2D eigenvalue weighted by molar-refractivity contribution is -0.138. The monoisotopic (exact) mass is 413 g/mol. The number of nitrogens with one attached hydrogen (secondary N) is 1. The second-order valence-corrected chi connectivity index (χ2v) is 6.75. The molecule has 0 aliphatic rings. The number of hydrogen-bond acceptors (Lipinski definition) is 3. The van der Waals surface area contributed by atoms with E-state index in [9.17, 15) is 13.2 Å². The van der Waals surface area contributed by atoms with Crippen LogP contribution < -0.4 is 5.32 Å². The maximum absolute atomic E-state index is 13.3. The third kappa shape index (κ3) is 4.03. The summed E-state index contributed by atoms with van der Waals surface area (Å²) in [5, 5.41) is 3.76. The second-order valence-electron chi connectivity index (χ2n) is 6.42. The Hall–Kier alpha value is -3.12. The van der Waals surface area contributed by atoms with Gasteiger partial charge in [0.15, 0.2) is 0 Å². The molecular formula is C22H15ClF3N3. The molecule has 0 amide bonds. The average Bonchev–Trinajstić information content (AvgIpc) is 2.71. The molecule has 0 atom stereocenters. The van der Waals surface area contributed by atoms with Gasteiger partial charge in [0.1, 0.15) is 5.82 Å². The van der Waals surface area contributed by atoms with E-state index in [2.05, 4.69) is 15.3 Å². The zero-order chi connectivity index (χ0) is 20.4. The highest BCUT2D eigenvalue weighted by Gasteiger charge is 2.32. The Bertz CT molecular complexity index is 1160. The molecule has 29 heavy (non-hydrogen) atoms. The summed E-state index contributed by atoms with van der Waals surface area (Å²) in [6.45, 7) is -0.0543. The summed E-state index contributed by atoms with van der Waals surface area (Å²) in [4.78, 5) is 8.52. The van der Waals surface area contributed by atoms with E-state index in [0.717, 1.165) is 17.2 Å². The first-order valence-electron chi connectivity index (χ1n) is 8.84. The minimum atomic E-state index is -4.43. The molecule has 0 aliphatic heterocycles. The van der Waals surface area contributed by atoms with Gasteiger partial charge < -0.3 is 5.32 Å². The van der Waals surface area contributed by atoms with Gasteiger partial charge in [-0.25, -0.2) is 9.97 Å². The molecule has 4 rings (SSSR count). The van der Waals surface area contributed by atoms with Gasteiger partial charge in [-0.1, -0.05) is 60.7 Å². The number of hydrogen-bond donors (Lipinski definition) is 1. The molecule has 1 heterocycles. The molecule has 1 N–H and O–H groups in total. The van der Waals surface area contributed by atoms with Crippen LogP contribution in [0.5, 0.6) is 0 Å². The second kappa shape index (κ2) is 7.72. The van der Waals surface area contributed by atoms with Crippen molar-refractivity contribution >= 4 is 28.3 Å². The van der Waals surface area contributed by atoms with Gasteiger partial charge in [-0.2, -0.15) is 13.2 Å². The van der Waals surface area contributed by atoms with E-state index in [1.54, 1.807) is 12.1 Å². The van der Waals surface area contributed by atoms with Crippen molar-refractivity contribution in [3.8, 4) is 11.1 Å². The Morgan fingerprint density at radius 2 is 1.55 bits per heavy atom. The van der Waals surface area contributed by atoms with E-state index in [4.69, 9.17) is 11.6 Å². The van der Waals surface area contributed by atoms with Crippen LogP contribution in [-0.4, -0.2) is 9.97 Å². The molecule has 0 aliphatic carbocycles. The standard InChI is InChI=1S/C22H15ClF3N3/c23-21-28-18-12-6-10-16(14-7-2-1-3-8-14)19(18)20(29-21)27-13-15-9-4-5-11-17(15)22(24,25)26/h1-12H,13H2,(H,27,28,29). The van der Waals surface area contributed by atoms with Crippen LogP contribution >= 0.6 is 11.6 Å². The van der Waals surface area contributed by atoms with Crippen LogP contribution in [0.3, 0.4) is 0 Å². The van der Waals surface area contributed by atoms with Gasteiger partial charge in [0, 0.05) is 6.54 Å². The number of nitrogens with zero attached hydrogens (tertiary/aromatic N) is 2. The molecular weight excluding hydrogens is 399 g/mol. The van der Waals surface area contributed by atoms with E-state index in [1.165, 1.54) is 12.1 Å². The fourth-order valence-corrected chi connectivity index (χ4v) is 3.45. The highest BCUT2D eigenvalue weighted by molar-refractivity contribution is 6.29. The van der Waals surface area contributed by atoms with Crippen molar-refractivity contribution in [3.05, 3.63) is 89.2 Å². The van der Waals surface area contributed by atoms with Crippen LogP contribution in [-0.2, 0) is 12.7 Å². The summed E-state index contributed by atoms with van der Waals surface area (Å²) in [7, 11) is 0. The lowest BCUT2D eigenvalue weighted by atomic mass is 10.0. The first kappa shape index (κ1) is 19.2. The summed E-state index contributed by atoms with van der Waals surface area (Å²) in [6, 6.07) is 20.7. The zero-order valence-electron chi connectivity index (χ0n) is 15.0. The van der Waals surface area contributed by atoms with Crippen LogP contribution in [0.1, 0.15) is 11.1 Å². The van der Waals surface area contributed by atoms with Crippen molar-refractivity contribution in [2.45, 2.75) is 12.7 Å². The highest BCUT2D eigenvalue weighted by Crippen LogP contribution is 2.35. The summed E-state index contributed by atoms with van der Waals surface area (Å²) >= 11 is 6.07. The zero-order valence-corrected chi connectivity index (χ0v) is 15.8. The number of rotatable bonds is 4. The van der Waals surface area contributed by atoms with Gasteiger partial charge in [-0.15, -0.1) is 0 Å². The molecule has 0 spiro atoms. The third-order valence-electron chi connectivity index (χ3n) is 4.55. The number of aromatic nitrogens is 2. The number of alkyl halides is 3. The number of anilines is 1. The first-order chi connectivity index (χ1) is 13.9. The van der Waals surface area contributed by atoms with E-state index < -0.39 is 11.7 Å². The van der Waals surface area contributed by atoms with Crippen molar-refractivity contribution in [3.63, 3.8) is 0 Å². The summed E-state index contributed by atoms with van der Waals surface area (Å²) in [5.41, 5.74) is 1.87. The van der Waals surface area contributed by atoms with E-state index in [-0.39, 0.29) is 17.4 Å². The normalized spacial score (nSPS) is 11.6. The van der Waals surface area contributed by atoms with Crippen molar-refractivity contribution < 1.29 is 13.2 Å². The van der Waals surface area contributed by atoms with Crippen LogP contribution in [0.4, 0.5) is 19.0 Å². The summed E-state index contributed by atoms with van der Waals surface area (Å²) in [5.74, 6) is 0.386. The fourth-order valence-electron chi connectivity index (χ4n) is 3.27. The molecule has 7 heteroatoms. The largest absolute Gasteiger partial charge is 0.416 e. The van der Waals surface area contributed by atoms with Crippen LogP contribution in [0, 0.1) is 0 Å². The van der Waals surface area contributed by atoms with Gasteiger partial charge >= 0.3 is 6.18 Å². The van der Waals surface area contributed by atoms with Gasteiger partial charge in [0.05, 0.1) is 16.5 Å². The van der Waals surface area contributed by atoms with Gasteiger partial charge in [0.2, 0.25) is 5.28 Å². The van der Waals surface area contributed by atoms with Crippen LogP contribution in [0.2, 0.25) is 5.28 Å². The molecule has 0 bridgehead atoms. The highest BCUT2D eigenvalue weighted by atomic mass is 35.5. The van der Waals surface area contributed by atoms with Crippen molar-refractivity contribution in [2.75, 3.05) is 5.32 Å². The Balaban J connectivity index is 1.79. The molecule has 0 saturated carbocycles. The van der Waals surface area contributed by atoms with Crippen molar-refractivity contribution in [1.29, 1.82) is 0 Å². The molecule has 3 nitrogen and oxygen atoms in total. The quantitative estimate of drug-likeness (QED) is 0.384. The molecule has 1 aromatic heterocycles. The minimum Gasteiger partial charge on any atom is -0.365 e. The summed E-state index contributed by atoms with van der Waals surface area (Å²) < 4.78 is 39.9. The molecule has 3 aromatic carbocycles. The average molecular weight is 414 g/mol. The molecule has 0 unspecified atom stereocenters. The SMILES string of the molecule is FC(F)(F)c1ccccc1CNc1nc(Cl)nc2cccc(-c3ccccc3)c12. The number of halogens is 4. The summed E-state index contributed by atoms with van der Waals surface area (Å²) in [6.07, 6.45) is -4.43. The molecule has 0 fully saturated rings. The van der Waals surface area contributed by atoms with Crippen LogP contribution in [0.25, 0.3) is 22.0 Å². The molecule has 4 aromatic rings. The predicted octanol–water partition coefficient (Wildman–Crippen LogP) is 6.58. The van der Waals surface area contributed by atoms with E-state index >= 15 is 0 Å². The van der Waals surface area contributed by atoms with Gasteiger partial charge in [-0.3, -0.25) is 0 Å². The topological polar surface area (TPSA) is 37.8 Å². The number of benzene rings is 3. The molecule has 0 radical (unpaired) electrons. The van der Waals surface area contributed by atoms with E-state index in [0.29, 0.717) is 16.7 Å². The van der Waals surface area contributed by atoms with Crippen LogP contribution in [0.15, 0.2) is 72.8 Å². The Labute approximate surface area is 170 Å². The Morgan fingerprint density at radius 1 is 0.828 bits per heavy atom. The van der Waals surface area contributed by atoms with Crippen molar-refractivity contribution in [1.82, 2.24) is 9.97 Å². The molecule has 0 saturated heterocycles. The third-order valence-corrected chi connectivity index (χ3v) is 4.72. The predicted molar refractivity (Wildman–Crippen MR) is 109 cm³/mol. The molecule has 146 valence electrons. The Kier molecular flexibility index (Phi) is 5.11. The van der Waals surface area contributed by atoms with E-state index in [1.807, 2.05) is 42.5 Å². The minimum absolute atomic E-state index is 0.0225. The fraction of sp³-hybridized carbons (Fsp3) is 0.0909. The smallest absolute Gasteiger partial charge is 0.365 e. The maximum Gasteiger partial charge on any atom is 0.416 e.